The van der Waals surface area contributed by atoms with Crippen LogP contribution < -0.4 is 11.5 Å². The normalized spacial score (nSPS) is 10.6. The molecular weight excluding hydrogens is 202 g/mol. The van der Waals surface area contributed by atoms with E-state index in [4.69, 9.17) is 16.6 Å². The van der Waals surface area contributed by atoms with Gasteiger partial charge in [-0.3, -0.25) is 0 Å². The molecule has 0 saturated heterocycles. The predicted molar refractivity (Wildman–Crippen MR) is 55.4 cm³/mol. The first-order valence-corrected chi connectivity index (χ1v) is 4.58. The number of nitrogens with two attached hydrogens (primary N) is 2. The predicted octanol–water partition coefficient (Wildman–Crippen LogP) is 1.16. The molecule has 0 fully saturated rings. The molecule has 2 aromatic rings. The van der Waals surface area contributed by atoms with Crippen LogP contribution in [-0.2, 0) is 0 Å². The van der Waals surface area contributed by atoms with Gasteiger partial charge in [0.1, 0.15) is 0 Å². The third-order valence-corrected chi connectivity index (χ3v) is 2.65. The maximum Gasteiger partial charge on any atom is 0.337 e. The summed E-state index contributed by atoms with van der Waals surface area (Å²) >= 11 is 1.24. The molecule has 0 atom stereocenters. The van der Waals surface area contributed by atoms with Crippen LogP contribution in [0, 0.1) is 0 Å². The number of benzene rings is 1. The van der Waals surface area contributed by atoms with E-state index in [9.17, 15) is 4.79 Å². The first-order valence-electron chi connectivity index (χ1n) is 3.77. The van der Waals surface area contributed by atoms with Crippen LogP contribution in [0.25, 0.3) is 10.2 Å². The standard InChI is InChI=1S/C8H7N3O2S/c9-4-2-5-6(14-8(10)11-5)1-3(4)7(12)13/h1-2H,9H2,(H2,10,11)(H,12,13). The summed E-state index contributed by atoms with van der Waals surface area (Å²) in [4.78, 5) is 14.7. The fraction of sp³-hybridized carbons (Fsp3) is 0. The van der Waals surface area contributed by atoms with Gasteiger partial charge in [-0.15, -0.1) is 0 Å². The van der Waals surface area contributed by atoms with Crippen molar-refractivity contribution in [1.82, 2.24) is 4.98 Å². The summed E-state index contributed by atoms with van der Waals surface area (Å²) < 4.78 is 0.731. The molecule has 72 valence electrons. The number of hydrogen-bond acceptors (Lipinski definition) is 5. The smallest absolute Gasteiger partial charge is 0.337 e. The molecule has 6 heteroatoms. The van der Waals surface area contributed by atoms with Crippen molar-refractivity contribution in [1.29, 1.82) is 0 Å². The second kappa shape index (κ2) is 2.85. The van der Waals surface area contributed by atoms with E-state index in [1.165, 1.54) is 23.5 Å². The van der Waals surface area contributed by atoms with Crippen LogP contribution in [0.2, 0.25) is 0 Å². The van der Waals surface area contributed by atoms with Crippen molar-refractivity contribution in [2.45, 2.75) is 0 Å². The molecule has 1 heterocycles. The lowest BCUT2D eigenvalue weighted by Crippen LogP contribution is -2.01. The number of nitrogens with zero attached hydrogens (tertiary/aromatic N) is 1. The zero-order chi connectivity index (χ0) is 10.3. The fourth-order valence-electron chi connectivity index (χ4n) is 1.19. The Labute approximate surface area is 83.0 Å². The average Bonchev–Trinajstić information content (AvgIpc) is 2.42. The van der Waals surface area contributed by atoms with E-state index in [1.54, 1.807) is 0 Å². The second-order valence-electron chi connectivity index (χ2n) is 2.76. The Bertz CT molecular complexity index is 521. The van der Waals surface area contributed by atoms with E-state index in [2.05, 4.69) is 4.98 Å². The van der Waals surface area contributed by atoms with E-state index >= 15 is 0 Å². The van der Waals surface area contributed by atoms with E-state index in [0.29, 0.717) is 10.6 Å². The monoisotopic (exact) mass is 209 g/mol. The molecule has 0 spiro atoms. The molecule has 0 bridgehead atoms. The maximum atomic E-state index is 10.7. The Morgan fingerprint density at radius 1 is 1.43 bits per heavy atom. The number of aromatic nitrogens is 1. The minimum atomic E-state index is -1.05. The van der Waals surface area contributed by atoms with Gasteiger partial charge in [-0.25, -0.2) is 9.78 Å². The third kappa shape index (κ3) is 1.25. The molecule has 0 aliphatic rings. The lowest BCUT2D eigenvalue weighted by atomic mass is 10.2. The number of hydrogen-bond donors (Lipinski definition) is 3. The molecular formula is C8H7N3O2S. The summed E-state index contributed by atoms with van der Waals surface area (Å²) in [5.41, 5.74) is 11.9. The molecule has 0 unspecified atom stereocenters. The van der Waals surface area contributed by atoms with Crippen LogP contribution >= 0.6 is 11.3 Å². The second-order valence-corrected chi connectivity index (χ2v) is 3.83. The number of thiazole rings is 1. The molecule has 5 N–H and O–H groups in total. The molecule has 14 heavy (non-hydrogen) atoms. The minimum absolute atomic E-state index is 0.0844. The molecule has 0 amide bonds. The van der Waals surface area contributed by atoms with Crippen LogP contribution in [0.3, 0.4) is 0 Å². The van der Waals surface area contributed by atoms with E-state index in [0.717, 1.165) is 4.70 Å². The van der Waals surface area contributed by atoms with Gasteiger partial charge in [0, 0.05) is 5.69 Å². The lowest BCUT2D eigenvalue weighted by Gasteiger charge is -1.98. The van der Waals surface area contributed by atoms with Gasteiger partial charge in [-0.05, 0) is 12.1 Å². The summed E-state index contributed by atoms with van der Waals surface area (Å²) in [7, 11) is 0. The van der Waals surface area contributed by atoms with Gasteiger partial charge < -0.3 is 16.6 Å². The first-order chi connectivity index (χ1) is 6.58. The van der Waals surface area contributed by atoms with Crippen LogP contribution in [0.1, 0.15) is 10.4 Å². The third-order valence-electron chi connectivity index (χ3n) is 1.81. The first kappa shape index (κ1) is 8.76. The highest BCUT2D eigenvalue weighted by atomic mass is 32.1. The number of carbonyl (C=O) groups is 1. The summed E-state index contributed by atoms with van der Waals surface area (Å²) in [5, 5.41) is 9.21. The zero-order valence-electron chi connectivity index (χ0n) is 7.02. The van der Waals surface area contributed by atoms with Crippen molar-refractivity contribution in [2.75, 3.05) is 11.5 Å². The topological polar surface area (TPSA) is 102 Å². The van der Waals surface area contributed by atoms with Crippen molar-refractivity contribution in [2.24, 2.45) is 0 Å². The Balaban J connectivity index is 2.76. The van der Waals surface area contributed by atoms with E-state index in [1.807, 2.05) is 0 Å². The Kier molecular flexibility index (Phi) is 1.78. The number of rotatable bonds is 1. The Morgan fingerprint density at radius 2 is 2.14 bits per heavy atom. The van der Waals surface area contributed by atoms with Crippen LogP contribution in [-0.4, -0.2) is 16.1 Å². The van der Waals surface area contributed by atoms with Gasteiger partial charge in [0.15, 0.2) is 5.13 Å². The van der Waals surface area contributed by atoms with Crippen LogP contribution in [0.4, 0.5) is 10.8 Å². The summed E-state index contributed by atoms with van der Waals surface area (Å²) in [6.45, 7) is 0. The number of carboxylic acids is 1. The number of nitrogen functional groups attached to an aromatic ring is 2. The lowest BCUT2D eigenvalue weighted by molar-refractivity contribution is 0.0698. The Morgan fingerprint density at radius 3 is 2.79 bits per heavy atom. The van der Waals surface area contributed by atoms with Gasteiger partial charge in [0.05, 0.1) is 15.8 Å². The van der Waals surface area contributed by atoms with Crippen LogP contribution in [0.15, 0.2) is 12.1 Å². The SMILES string of the molecule is Nc1nc2cc(N)c(C(=O)O)cc2s1. The van der Waals surface area contributed by atoms with E-state index in [-0.39, 0.29) is 11.3 Å². The van der Waals surface area contributed by atoms with Crippen molar-refractivity contribution in [3.8, 4) is 0 Å². The van der Waals surface area contributed by atoms with Crippen molar-refractivity contribution < 1.29 is 9.90 Å². The number of anilines is 2. The maximum absolute atomic E-state index is 10.7. The van der Waals surface area contributed by atoms with Gasteiger partial charge in [0.25, 0.3) is 0 Å². The molecule has 0 radical (unpaired) electrons. The molecule has 2 rings (SSSR count). The highest BCUT2D eigenvalue weighted by Crippen LogP contribution is 2.27. The highest BCUT2D eigenvalue weighted by molar-refractivity contribution is 7.22. The van der Waals surface area contributed by atoms with E-state index < -0.39 is 5.97 Å². The van der Waals surface area contributed by atoms with Gasteiger partial charge in [0.2, 0.25) is 0 Å². The van der Waals surface area contributed by atoms with Crippen molar-refractivity contribution in [3.05, 3.63) is 17.7 Å². The molecule has 1 aromatic carbocycles. The molecule has 1 aromatic heterocycles. The average molecular weight is 209 g/mol. The van der Waals surface area contributed by atoms with Gasteiger partial charge in [-0.2, -0.15) is 0 Å². The zero-order valence-corrected chi connectivity index (χ0v) is 7.84. The molecule has 5 nitrogen and oxygen atoms in total. The highest BCUT2D eigenvalue weighted by Gasteiger charge is 2.11. The number of carboxylic acid groups (broad SMARTS) is 1. The minimum Gasteiger partial charge on any atom is -0.478 e. The summed E-state index contributed by atoms with van der Waals surface area (Å²) in [5.74, 6) is -1.05. The summed E-state index contributed by atoms with van der Waals surface area (Å²) in [6, 6.07) is 3.01. The number of aromatic carboxylic acids is 1. The quantitative estimate of drug-likeness (QED) is 0.611. The van der Waals surface area contributed by atoms with Gasteiger partial charge in [-0.1, -0.05) is 11.3 Å². The molecule has 0 aliphatic carbocycles. The van der Waals surface area contributed by atoms with Crippen molar-refractivity contribution in [3.63, 3.8) is 0 Å². The summed E-state index contributed by atoms with van der Waals surface area (Å²) in [6.07, 6.45) is 0. The Hall–Kier alpha value is -1.82. The van der Waals surface area contributed by atoms with Crippen molar-refractivity contribution >= 4 is 38.3 Å². The number of fused-ring (bicyclic) bond motifs is 1. The molecule has 0 saturated carbocycles. The van der Waals surface area contributed by atoms with Crippen LogP contribution in [0.5, 0.6) is 0 Å². The molecule has 0 aliphatic heterocycles. The van der Waals surface area contributed by atoms with Gasteiger partial charge >= 0.3 is 5.97 Å². The largest absolute Gasteiger partial charge is 0.478 e. The fourth-order valence-corrected chi connectivity index (χ4v) is 1.95.